The normalized spacial score (nSPS) is 13.7. The summed E-state index contributed by atoms with van der Waals surface area (Å²) in [4.78, 5) is 11.3. The second kappa shape index (κ2) is 5.71. The van der Waals surface area contributed by atoms with Gasteiger partial charge < -0.3 is 10.1 Å². The smallest absolute Gasteiger partial charge is 0.306 e. The molecule has 0 aromatic heterocycles. The highest BCUT2D eigenvalue weighted by atomic mass is 16.5. The molecule has 0 saturated carbocycles. The number of nitrogens with one attached hydrogen (secondary N) is 1. The number of ether oxygens (including phenoxy) is 1. The molecule has 0 aliphatic carbocycles. The molecule has 2 rings (SSSR count). The van der Waals surface area contributed by atoms with Crippen LogP contribution in [0.1, 0.15) is 30.9 Å². The fourth-order valence-corrected chi connectivity index (χ4v) is 2.16. The van der Waals surface area contributed by atoms with Gasteiger partial charge in [-0.25, -0.2) is 0 Å². The molecule has 0 fully saturated rings. The monoisotopic (exact) mass is 233 g/mol. The Bertz CT molecular complexity index is 401. The lowest BCUT2D eigenvalue weighted by Gasteiger charge is -2.18. The van der Waals surface area contributed by atoms with Gasteiger partial charge in [0.15, 0.2) is 0 Å². The molecule has 1 heterocycles. The highest BCUT2D eigenvalue weighted by molar-refractivity contribution is 5.69. The van der Waals surface area contributed by atoms with E-state index in [1.807, 2.05) is 6.92 Å². The van der Waals surface area contributed by atoms with Gasteiger partial charge in [-0.2, -0.15) is 0 Å². The Hall–Kier alpha value is -1.51. The number of benzene rings is 1. The minimum atomic E-state index is -0.108. The van der Waals surface area contributed by atoms with Gasteiger partial charge in [0, 0.05) is 18.7 Å². The largest absolute Gasteiger partial charge is 0.466 e. The van der Waals surface area contributed by atoms with Crippen molar-refractivity contribution in [1.82, 2.24) is 0 Å². The molecule has 3 nitrogen and oxygen atoms in total. The Balaban J connectivity index is 1.95. The molecule has 1 aliphatic rings. The molecule has 1 aliphatic heterocycles. The van der Waals surface area contributed by atoms with Crippen molar-refractivity contribution in [3.8, 4) is 0 Å². The van der Waals surface area contributed by atoms with E-state index in [1.165, 1.54) is 23.2 Å². The summed E-state index contributed by atoms with van der Waals surface area (Å²) in [6.45, 7) is 3.37. The molecule has 1 N–H and O–H groups in total. The number of esters is 1. The lowest BCUT2D eigenvalue weighted by Crippen LogP contribution is -2.12. The maximum absolute atomic E-state index is 11.3. The molecule has 0 unspecified atom stereocenters. The van der Waals surface area contributed by atoms with E-state index >= 15 is 0 Å². The third-order valence-electron chi connectivity index (χ3n) is 3.03. The van der Waals surface area contributed by atoms with Crippen molar-refractivity contribution >= 4 is 11.7 Å². The molecule has 0 amide bonds. The van der Waals surface area contributed by atoms with Gasteiger partial charge in [-0.3, -0.25) is 4.79 Å². The first-order chi connectivity index (χ1) is 8.29. The fourth-order valence-electron chi connectivity index (χ4n) is 2.16. The van der Waals surface area contributed by atoms with Crippen LogP contribution in [0.25, 0.3) is 0 Å². The van der Waals surface area contributed by atoms with Crippen LogP contribution >= 0.6 is 0 Å². The molecular formula is C14H19NO2. The van der Waals surface area contributed by atoms with E-state index < -0.39 is 0 Å². The van der Waals surface area contributed by atoms with Crippen LogP contribution in [-0.2, 0) is 22.4 Å². The van der Waals surface area contributed by atoms with Gasteiger partial charge in [-0.1, -0.05) is 12.1 Å². The maximum Gasteiger partial charge on any atom is 0.306 e. The van der Waals surface area contributed by atoms with Crippen molar-refractivity contribution in [2.45, 2.75) is 32.6 Å². The minimum Gasteiger partial charge on any atom is -0.466 e. The quantitative estimate of drug-likeness (QED) is 0.812. The average Bonchev–Trinajstić information content (AvgIpc) is 2.36. The predicted molar refractivity (Wildman–Crippen MR) is 68.2 cm³/mol. The molecule has 0 saturated heterocycles. The van der Waals surface area contributed by atoms with Crippen molar-refractivity contribution in [2.24, 2.45) is 0 Å². The van der Waals surface area contributed by atoms with E-state index in [9.17, 15) is 4.79 Å². The van der Waals surface area contributed by atoms with Crippen LogP contribution in [0.15, 0.2) is 18.2 Å². The van der Waals surface area contributed by atoms with Crippen molar-refractivity contribution in [3.63, 3.8) is 0 Å². The van der Waals surface area contributed by atoms with E-state index in [0.29, 0.717) is 13.0 Å². The van der Waals surface area contributed by atoms with Crippen molar-refractivity contribution in [1.29, 1.82) is 0 Å². The van der Waals surface area contributed by atoms with E-state index in [1.54, 1.807) is 0 Å². The van der Waals surface area contributed by atoms with Gasteiger partial charge in [-0.05, 0) is 43.4 Å². The van der Waals surface area contributed by atoms with E-state index in [-0.39, 0.29) is 5.97 Å². The zero-order valence-corrected chi connectivity index (χ0v) is 10.3. The van der Waals surface area contributed by atoms with E-state index in [0.717, 1.165) is 19.4 Å². The number of rotatable bonds is 4. The number of fused-ring (bicyclic) bond motifs is 1. The SMILES string of the molecule is CCOC(=O)CCc1ccc2c(c1)CCCN2. The number of carbonyl (C=O) groups is 1. The first-order valence-corrected chi connectivity index (χ1v) is 6.31. The second-order valence-electron chi connectivity index (χ2n) is 4.33. The van der Waals surface area contributed by atoms with Crippen molar-refractivity contribution < 1.29 is 9.53 Å². The van der Waals surface area contributed by atoms with Gasteiger partial charge >= 0.3 is 5.97 Å². The first kappa shape index (κ1) is 12.0. The fraction of sp³-hybridized carbons (Fsp3) is 0.500. The zero-order chi connectivity index (χ0) is 12.1. The summed E-state index contributed by atoms with van der Waals surface area (Å²) >= 11 is 0. The predicted octanol–water partition coefficient (Wildman–Crippen LogP) is 2.54. The van der Waals surface area contributed by atoms with Gasteiger partial charge in [0.05, 0.1) is 6.61 Å². The lowest BCUT2D eigenvalue weighted by molar-refractivity contribution is -0.143. The molecule has 17 heavy (non-hydrogen) atoms. The summed E-state index contributed by atoms with van der Waals surface area (Å²) in [6.07, 6.45) is 3.57. The van der Waals surface area contributed by atoms with Crippen LogP contribution in [0.2, 0.25) is 0 Å². The molecule has 0 atom stereocenters. The van der Waals surface area contributed by atoms with Crippen LogP contribution in [0.4, 0.5) is 5.69 Å². The van der Waals surface area contributed by atoms with Crippen molar-refractivity contribution in [3.05, 3.63) is 29.3 Å². The third kappa shape index (κ3) is 3.22. The summed E-state index contributed by atoms with van der Waals surface area (Å²) in [5.41, 5.74) is 3.84. The van der Waals surface area contributed by atoms with E-state index in [4.69, 9.17) is 4.74 Å². The van der Waals surface area contributed by atoms with Gasteiger partial charge in [0.2, 0.25) is 0 Å². The summed E-state index contributed by atoms with van der Waals surface area (Å²) in [7, 11) is 0. The Morgan fingerprint density at radius 2 is 2.35 bits per heavy atom. The Kier molecular flexibility index (Phi) is 4.02. The minimum absolute atomic E-state index is 0.108. The van der Waals surface area contributed by atoms with E-state index in [2.05, 4.69) is 23.5 Å². The van der Waals surface area contributed by atoms with Gasteiger partial charge in [0.1, 0.15) is 0 Å². The van der Waals surface area contributed by atoms with Gasteiger partial charge in [-0.15, -0.1) is 0 Å². The summed E-state index contributed by atoms with van der Waals surface area (Å²) in [5, 5.41) is 3.38. The summed E-state index contributed by atoms with van der Waals surface area (Å²) < 4.78 is 4.92. The average molecular weight is 233 g/mol. The Labute approximate surface area is 102 Å². The Morgan fingerprint density at radius 3 is 3.18 bits per heavy atom. The molecule has 0 bridgehead atoms. The van der Waals surface area contributed by atoms with Crippen molar-refractivity contribution in [2.75, 3.05) is 18.5 Å². The zero-order valence-electron chi connectivity index (χ0n) is 10.3. The molecule has 1 aromatic carbocycles. The molecule has 3 heteroatoms. The van der Waals surface area contributed by atoms with Crippen LogP contribution in [0, 0.1) is 0 Å². The highest BCUT2D eigenvalue weighted by Gasteiger charge is 2.09. The van der Waals surface area contributed by atoms with Crippen LogP contribution in [-0.4, -0.2) is 19.1 Å². The molecular weight excluding hydrogens is 214 g/mol. The third-order valence-corrected chi connectivity index (χ3v) is 3.03. The van der Waals surface area contributed by atoms with Crippen LogP contribution < -0.4 is 5.32 Å². The highest BCUT2D eigenvalue weighted by Crippen LogP contribution is 2.23. The number of hydrogen-bond donors (Lipinski definition) is 1. The maximum atomic E-state index is 11.3. The van der Waals surface area contributed by atoms with Crippen LogP contribution in [0.3, 0.4) is 0 Å². The number of aryl methyl sites for hydroxylation is 2. The summed E-state index contributed by atoms with van der Waals surface area (Å²) in [5.74, 6) is -0.108. The number of carbonyl (C=O) groups excluding carboxylic acids is 1. The number of hydrogen-bond acceptors (Lipinski definition) is 3. The second-order valence-corrected chi connectivity index (χ2v) is 4.33. The molecule has 1 aromatic rings. The lowest BCUT2D eigenvalue weighted by atomic mass is 9.99. The first-order valence-electron chi connectivity index (χ1n) is 6.31. The van der Waals surface area contributed by atoms with Crippen LogP contribution in [0.5, 0.6) is 0 Å². The Morgan fingerprint density at radius 1 is 1.47 bits per heavy atom. The molecule has 92 valence electrons. The molecule has 0 radical (unpaired) electrons. The standard InChI is InChI=1S/C14H19NO2/c1-2-17-14(16)8-6-11-5-7-13-12(10-11)4-3-9-15-13/h5,7,10,15H,2-4,6,8-9H2,1H3. The molecule has 0 spiro atoms. The summed E-state index contributed by atoms with van der Waals surface area (Å²) in [6, 6.07) is 6.42. The van der Waals surface area contributed by atoms with Gasteiger partial charge in [0.25, 0.3) is 0 Å². The topological polar surface area (TPSA) is 38.3 Å². The number of anilines is 1.